The maximum atomic E-state index is 13.7. The molecule has 0 aliphatic carbocycles. The van der Waals surface area contributed by atoms with Crippen LogP contribution in [0.1, 0.15) is 22.7 Å². The average Bonchev–Trinajstić information content (AvgIpc) is 2.23. The molecule has 0 aromatic heterocycles. The quantitative estimate of drug-likeness (QED) is 0.708. The lowest BCUT2D eigenvalue weighted by atomic mass is 9.92. The van der Waals surface area contributed by atoms with E-state index in [2.05, 4.69) is 5.32 Å². The Kier molecular flexibility index (Phi) is 2.52. The SMILES string of the molecule is Cc1ccc2c(c1F)CCNC2CO. The molecular weight excluding hydrogens is 181 g/mol. The van der Waals surface area contributed by atoms with Gasteiger partial charge in [0.05, 0.1) is 12.6 Å². The van der Waals surface area contributed by atoms with Crippen molar-refractivity contribution in [3.8, 4) is 0 Å². The molecule has 1 unspecified atom stereocenters. The highest BCUT2D eigenvalue weighted by Gasteiger charge is 2.21. The van der Waals surface area contributed by atoms with E-state index in [9.17, 15) is 4.39 Å². The van der Waals surface area contributed by atoms with Gasteiger partial charge in [-0.1, -0.05) is 12.1 Å². The summed E-state index contributed by atoms with van der Waals surface area (Å²) in [7, 11) is 0. The van der Waals surface area contributed by atoms with Crippen molar-refractivity contribution >= 4 is 0 Å². The molecule has 1 aliphatic rings. The van der Waals surface area contributed by atoms with Gasteiger partial charge in [0.15, 0.2) is 0 Å². The molecule has 0 fully saturated rings. The summed E-state index contributed by atoms with van der Waals surface area (Å²) in [5.41, 5.74) is 2.35. The Balaban J connectivity index is 2.50. The van der Waals surface area contributed by atoms with Crippen molar-refractivity contribution in [1.82, 2.24) is 5.32 Å². The van der Waals surface area contributed by atoms with Gasteiger partial charge >= 0.3 is 0 Å². The molecule has 14 heavy (non-hydrogen) atoms. The Labute approximate surface area is 82.8 Å². The summed E-state index contributed by atoms with van der Waals surface area (Å²) >= 11 is 0. The van der Waals surface area contributed by atoms with Crippen molar-refractivity contribution in [2.75, 3.05) is 13.2 Å². The predicted octanol–water partition coefficient (Wildman–Crippen LogP) is 1.31. The fourth-order valence-corrected chi connectivity index (χ4v) is 1.98. The van der Waals surface area contributed by atoms with E-state index < -0.39 is 0 Å². The summed E-state index contributed by atoms with van der Waals surface area (Å²) in [4.78, 5) is 0. The minimum absolute atomic E-state index is 0.0233. The molecule has 3 heteroatoms. The highest BCUT2D eigenvalue weighted by molar-refractivity contribution is 5.37. The molecule has 0 radical (unpaired) electrons. The van der Waals surface area contributed by atoms with E-state index in [1.165, 1.54) is 0 Å². The Morgan fingerprint density at radius 1 is 1.57 bits per heavy atom. The first kappa shape index (κ1) is 9.62. The number of nitrogens with one attached hydrogen (secondary N) is 1. The molecule has 1 heterocycles. The van der Waals surface area contributed by atoms with Gasteiger partial charge in [0.2, 0.25) is 0 Å². The van der Waals surface area contributed by atoms with E-state index in [1.54, 1.807) is 13.0 Å². The molecule has 1 aromatic carbocycles. The van der Waals surface area contributed by atoms with Crippen LogP contribution >= 0.6 is 0 Å². The Morgan fingerprint density at radius 2 is 2.36 bits per heavy atom. The van der Waals surface area contributed by atoms with Crippen molar-refractivity contribution in [2.24, 2.45) is 0 Å². The minimum Gasteiger partial charge on any atom is -0.394 e. The zero-order valence-corrected chi connectivity index (χ0v) is 8.18. The number of hydrogen-bond donors (Lipinski definition) is 2. The summed E-state index contributed by atoms with van der Waals surface area (Å²) in [6.45, 7) is 2.53. The van der Waals surface area contributed by atoms with Crippen molar-refractivity contribution in [3.05, 3.63) is 34.6 Å². The molecule has 2 N–H and O–H groups in total. The molecule has 0 amide bonds. The minimum atomic E-state index is -0.109. The van der Waals surface area contributed by atoms with Gasteiger partial charge in [0.1, 0.15) is 5.82 Å². The summed E-state index contributed by atoms with van der Waals surface area (Å²) in [5, 5.41) is 12.3. The molecule has 0 bridgehead atoms. The van der Waals surface area contributed by atoms with Crippen LogP contribution in [0.3, 0.4) is 0 Å². The molecule has 0 saturated carbocycles. The fourth-order valence-electron chi connectivity index (χ4n) is 1.98. The maximum Gasteiger partial charge on any atom is 0.129 e. The topological polar surface area (TPSA) is 32.3 Å². The lowest BCUT2D eigenvalue weighted by Crippen LogP contribution is -2.32. The average molecular weight is 195 g/mol. The molecular formula is C11H14FNO. The lowest BCUT2D eigenvalue weighted by molar-refractivity contribution is 0.239. The number of hydrogen-bond acceptors (Lipinski definition) is 2. The van der Waals surface area contributed by atoms with E-state index in [1.807, 2.05) is 6.07 Å². The van der Waals surface area contributed by atoms with Gasteiger partial charge in [-0.25, -0.2) is 4.39 Å². The molecule has 76 valence electrons. The van der Waals surface area contributed by atoms with Gasteiger partial charge < -0.3 is 10.4 Å². The monoisotopic (exact) mass is 195 g/mol. The van der Waals surface area contributed by atoms with Crippen molar-refractivity contribution in [1.29, 1.82) is 0 Å². The van der Waals surface area contributed by atoms with Crippen LogP contribution in [0.25, 0.3) is 0 Å². The molecule has 0 saturated heterocycles. The zero-order chi connectivity index (χ0) is 10.1. The van der Waals surface area contributed by atoms with Gasteiger partial charge in [-0.3, -0.25) is 0 Å². The number of benzene rings is 1. The number of fused-ring (bicyclic) bond motifs is 1. The molecule has 0 spiro atoms. The number of aryl methyl sites for hydroxylation is 1. The molecule has 1 aromatic rings. The third kappa shape index (κ3) is 1.42. The highest BCUT2D eigenvalue weighted by atomic mass is 19.1. The Hall–Kier alpha value is -0.930. The van der Waals surface area contributed by atoms with Crippen LogP contribution in [0, 0.1) is 12.7 Å². The predicted molar refractivity (Wildman–Crippen MR) is 52.7 cm³/mol. The first-order chi connectivity index (χ1) is 6.74. The Morgan fingerprint density at radius 3 is 3.07 bits per heavy atom. The molecule has 1 aliphatic heterocycles. The first-order valence-electron chi connectivity index (χ1n) is 4.86. The molecule has 1 atom stereocenters. The second-order valence-electron chi connectivity index (χ2n) is 3.70. The summed E-state index contributed by atoms with van der Waals surface area (Å²) in [6.07, 6.45) is 0.708. The second-order valence-corrected chi connectivity index (χ2v) is 3.70. The summed E-state index contributed by atoms with van der Waals surface area (Å²) in [5.74, 6) is -0.109. The normalized spacial score (nSPS) is 20.6. The van der Waals surface area contributed by atoms with Crippen LogP contribution in [-0.4, -0.2) is 18.3 Å². The maximum absolute atomic E-state index is 13.7. The number of aliphatic hydroxyl groups excluding tert-OH is 1. The third-order valence-electron chi connectivity index (χ3n) is 2.80. The van der Waals surface area contributed by atoms with Crippen LogP contribution in [0.4, 0.5) is 4.39 Å². The van der Waals surface area contributed by atoms with Gasteiger partial charge in [0, 0.05) is 0 Å². The van der Waals surface area contributed by atoms with E-state index in [0.717, 1.165) is 17.7 Å². The van der Waals surface area contributed by atoms with Gasteiger partial charge in [-0.15, -0.1) is 0 Å². The standard InChI is InChI=1S/C11H14FNO/c1-7-2-3-8-9(11(7)12)4-5-13-10(8)6-14/h2-3,10,13-14H,4-6H2,1H3. The van der Waals surface area contributed by atoms with E-state index >= 15 is 0 Å². The van der Waals surface area contributed by atoms with Crippen LogP contribution in [0.15, 0.2) is 12.1 Å². The molecule has 2 nitrogen and oxygen atoms in total. The molecule has 2 rings (SSSR count). The Bertz CT molecular complexity index is 351. The number of aliphatic hydroxyl groups is 1. The van der Waals surface area contributed by atoms with Crippen LogP contribution in [-0.2, 0) is 6.42 Å². The van der Waals surface area contributed by atoms with Crippen LogP contribution in [0.5, 0.6) is 0 Å². The smallest absolute Gasteiger partial charge is 0.129 e. The van der Waals surface area contributed by atoms with E-state index in [-0.39, 0.29) is 18.5 Å². The van der Waals surface area contributed by atoms with Gasteiger partial charge in [-0.2, -0.15) is 0 Å². The van der Waals surface area contributed by atoms with Crippen LogP contribution in [0.2, 0.25) is 0 Å². The highest BCUT2D eigenvalue weighted by Crippen LogP contribution is 2.26. The van der Waals surface area contributed by atoms with Crippen molar-refractivity contribution < 1.29 is 9.50 Å². The zero-order valence-electron chi connectivity index (χ0n) is 8.18. The van der Waals surface area contributed by atoms with Gasteiger partial charge in [-0.05, 0) is 36.6 Å². The number of halogens is 1. The second kappa shape index (κ2) is 3.67. The summed E-state index contributed by atoms with van der Waals surface area (Å²) in [6, 6.07) is 3.57. The third-order valence-corrected chi connectivity index (χ3v) is 2.80. The van der Waals surface area contributed by atoms with Crippen molar-refractivity contribution in [3.63, 3.8) is 0 Å². The van der Waals surface area contributed by atoms with Crippen molar-refractivity contribution in [2.45, 2.75) is 19.4 Å². The van der Waals surface area contributed by atoms with Gasteiger partial charge in [0.25, 0.3) is 0 Å². The van der Waals surface area contributed by atoms with Crippen LogP contribution < -0.4 is 5.32 Å². The first-order valence-corrected chi connectivity index (χ1v) is 4.86. The van der Waals surface area contributed by atoms with E-state index in [4.69, 9.17) is 5.11 Å². The fraction of sp³-hybridized carbons (Fsp3) is 0.455. The number of rotatable bonds is 1. The summed E-state index contributed by atoms with van der Waals surface area (Å²) < 4.78 is 13.7. The lowest BCUT2D eigenvalue weighted by Gasteiger charge is -2.26. The largest absolute Gasteiger partial charge is 0.394 e. The van der Waals surface area contributed by atoms with E-state index in [0.29, 0.717) is 12.0 Å².